The molecule has 112 valence electrons. The summed E-state index contributed by atoms with van der Waals surface area (Å²) in [6.07, 6.45) is 4.28. The molecule has 1 saturated heterocycles. The van der Waals surface area contributed by atoms with E-state index in [9.17, 15) is 8.42 Å². The van der Waals surface area contributed by atoms with Gasteiger partial charge in [-0.2, -0.15) is 8.42 Å². The summed E-state index contributed by atoms with van der Waals surface area (Å²) >= 11 is 0. The van der Waals surface area contributed by atoms with Crippen molar-refractivity contribution in [3.05, 3.63) is 23.8 Å². The first-order valence-corrected chi connectivity index (χ1v) is 8.70. The number of hydrogen-bond donors (Lipinski definition) is 0. The fraction of sp³-hybridized carbons (Fsp3) is 0.600. The van der Waals surface area contributed by atoms with Crippen molar-refractivity contribution in [2.75, 3.05) is 24.6 Å². The second kappa shape index (κ2) is 6.59. The van der Waals surface area contributed by atoms with Crippen LogP contribution in [0.5, 0.6) is 0 Å². The van der Waals surface area contributed by atoms with Gasteiger partial charge in [-0.05, 0) is 50.3 Å². The number of benzene rings is 1. The maximum absolute atomic E-state index is 12.1. The summed E-state index contributed by atoms with van der Waals surface area (Å²) < 4.78 is 29.2. The second-order valence-electron chi connectivity index (χ2n) is 5.27. The van der Waals surface area contributed by atoms with Crippen molar-refractivity contribution in [2.24, 2.45) is 0 Å². The van der Waals surface area contributed by atoms with Crippen molar-refractivity contribution in [2.45, 2.75) is 44.4 Å². The minimum Gasteiger partial charge on any atom is -0.371 e. The van der Waals surface area contributed by atoms with Gasteiger partial charge in [-0.1, -0.05) is 13.0 Å². The lowest BCUT2D eigenvalue weighted by atomic mass is 10.1. The van der Waals surface area contributed by atoms with E-state index in [1.165, 1.54) is 19.3 Å². The standard InChI is InChI=1S/C15H23NO3S/c1-3-11-19-20(17,18)14-8-7-13(2)15(12-14)16-9-5-4-6-10-16/h7-8,12H,3-6,9-11H2,1-2H3. The Bertz CT molecular complexity index is 548. The van der Waals surface area contributed by atoms with Gasteiger partial charge in [-0.15, -0.1) is 0 Å². The van der Waals surface area contributed by atoms with Crippen LogP contribution in [0.1, 0.15) is 38.2 Å². The average molecular weight is 297 g/mol. The molecule has 0 radical (unpaired) electrons. The van der Waals surface area contributed by atoms with E-state index in [1.807, 2.05) is 19.9 Å². The molecule has 1 aromatic rings. The van der Waals surface area contributed by atoms with E-state index in [0.717, 1.165) is 24.3 Å². The molecule has 4 nitrogen and oxygen atoms in total. The van der Waals surface area contributed by atoms with Gasteiger partial charge in [0.05, 0.1) is 11.5 Å². The molecule has 0 unspecified atom stereocenters. The molecule has 5 heteroatoms. The van der Waals surface area contributed by atoms with Crippen molar-refractivity contribution < 1.29 is 12.6 Å². The Balaban J connectivity index is 2.28. The number of aryl methyl sites for hydroxylation is 1. The summed E-state index contributed by atoms with van der Waals surface area (Å²) in [6, 6.07) is 5.26. The van der Waals surface area contributed by atoms with E-state index in [4.69, 9.17) is 4.18 Å². The first-order valence-electron chi connectivity index (χ1n) is 7.29. The van der Waals surface area contributed by atoms with Gasteiger partial charge in [0.15, 0.2) is 0 Å². The largest absolute Gasteiger partial charge is 0.371 e. The van der Waals surface area contributed by atoms with Gasteiger partial charge in [0, 0.05) is 18.8 Å². The third-order valence-corrected chi connectivity index (χ3v) is 4.92. The molecule has 0 amide bonds. The van der Waals surface area contributed by atoms with E-state index in [1.54, 1.807) is 12.1 Å². The topological polar surface area (TPSA) is 46.6 Å². The van der Waals surface area contributed by atoms with Gasteiger partial charge in [0.2, 0.25) is 0 Å². The highest BCUT2D eigenvalue weighted by Crippen LogP contribution is 2.27. The number of piperidine rings is 1. The Morgan fingerprint density at radius 1 is 1.20 bits per heavy atom. The number of anilines is 1. The van der Waals surface area contributed by atoms with E-state index in [-0.39, 0.29) is 11.5 Å². The monoisotopic (exact) mass is 297 g/mol. The van der Waals surface area contributed by atoms with E-state index < -0.39 is 10.1 Å². The quantitative estimate of drug-likeness (QED) is 0.784. The van der Waals surface area contributed by atoms with Crippen molar-refractivity contribution in [3.8, 4) is 0 Å². The van der Waals surface area contributed by atoms with E-state index >= 15 is 0 Å². The lowest BCUT2D eigenvalue weighted by molar-refractivity contribution is 0.318. The van der Waals surface area contributed by atoms with Crippen LogP contribution in [-0.2, 0) is 14.3 Å². The maximum Gasteiger partial charge on any atom is 0.297 e. The molecule has 0 aliphatic carbocycles. The van der Waals surface area contributed by atoms with Crippen molar-refractivity contribution in [1.29, 1.82) is 0 Å². The number of hydrogen-bond acceptors (Lipinski definition) is 4. The number of nitrogens with zero attached hydrogens (tertiary/aromatic N) is 1. The maximum atomic E-state index is 12.1. The van der Waals surface area contributed by atoms with Gasteiger partial charge in [-0.3, -0.25) is 4.18 Å². The Morgan fingerprint density at radius 2 is 1.90 bits per heavy atom. The summed E-state index contributed by atoms with van der Waals surface area (Å²) in [5, 5.41) is 0. The SMILES string of the molecule is CCCOS(=O)(=O)c1ccc(C)c(N2CCCCC2)c1. The molecular weight excluding hydrogens is 274 g/mol. The Morgan fingerprint density at radius 3 is 2.55 bits per heavy atom. The highest BCUT2D eigenvalue weighted by molar-refractivity contribution is 7.86. The van der Waals surface area contributed by atoms with Crippen molar-refractivity contribution in [3.63, 3.8) is 0 Å². The van der Waals surface area contributed by atoms with Crippen molar-refractivity contribution in [1.82, 2.24) is 0 Å². The van der Waals surface area contributed by atoms with Crippen molar-refractivity contribution >= 4 is 15.8 Å². The molecule has 0 bridgehead atoms. The predicted octanol–water partition coefficient (Wildman–Crippen LogP) is 3.10. The summed E-state index contributed by atoms with van der Waals surface area (Å²) in [5.74, 6) is 0. The van der Waals surface area contributed by atoms with E-state index in [0.29, 0.717) is 6.42 Å². The van der Waals surface area contributed by atoms with Crippen LogP contribution in [0, 0.1) is 6.92 Å². The first kappa shape index (κ1) is 15.3. The molecule has 2 rings (SSSR count). The minimum absolute atomic E-state index is 0.231. The molecule has 1 aromatic carbocycles. The van der Waals surface area contributed by atoms with Gasteiger partial charge >= 0.3 is 0 Å². The van der Waals surface area contributed by atoms with Gasteiger partial charge in [0.25, 0.3) is 10.1 Å². The van der Waals surface area contributed by atoms with Crippen LogP contribution in [0.3, 0.4) is 0 Å². The summed E-state index contributed by atoms with van der Waals surface area (Å²) in [4.78, 5) is 2.54. The molecule has 0 N–H and O–H groups in total. The summed E-state index contributed by atoms with van der Waals surface area (Å²) in [6.45, 7) is 6.15. The molecule has 0 atom stereocenters. The Kier molecular flexibility index (Phi) is 5.05. The van der Waals surface area contributed by atoms with E-state index in [2.05, 4.69) is 4.90 Å². The Labute approximate surface area is 121 Å². The normalized spacial score (nSPS) is 16.4. The van der Waals surface area contributed by atoms with Gasteiger partial charge in [-0.25, -0.2) is 0 Å². The first-order chi connectivity index (χ1) is 9.54. The lowest BCUT2D eigenvalue weighted by Gasteiger charge is -2.30. The van der Waals surface area contributed by atoms with Gasteiger partial charge < -0.3 is 4.90 Å². The van der Waals surface area contributed by atoms with Crippen LogP contribution in [0.2, 0.25) is 0 Å². The molecule has 20 heavy (non-hydrogen) atoms. The van der Waals surface area contributed by atoms with Gasteiger partial charge in [0.1, 0.15) is 0 Å². The zero-order chi connectivity index (χ0) is 14.6. The van der Waals surface area contributed by atoms with Crippen LogP contribution in [0.4, 0.5) is 5.69 Å². The van der Waals surface area contributed by atoms with Crippen LogP contribution in [0.15, 0.2) is 23.1 Å². The predicted molar refractivity (Wildman–Crippen MR) is 80.7 cm³/mol. The minimum atomic E-state index is -3.63. The molecule has 1 fully saturated rings. The fourth-order valence-electron chi connectivity index (χ4n) is 2.48. The van der Waals surface area contributed by atoms with Crippen LogP contribution >= 0.6 is 0 Å². The molecule has 1 aliphatic heterocycles. The average Bonchev–Trinajstić information content (AvgIpc) is 2.46. The number of rotatable bonds is 5. The fourth-order valence-corrected chi connectivity index (χ4v) is 3.49. The summed E-state index contributed by atoms with van der Waals surface area (Å²) in [7, 11) is -3.63. The second-order valence-corrected chi connectivity index (χ2v) is 6.89. The zero-order valence-electron chi connectivity index (χ0n) is 12.3. The van der Waals surface area contributed by atoms with Crippen LogP contribution < -0.4 is 4.90 Å². The molecular formula is C15H23NO3S. The molecule has 0 spiro atoms. The smallest absolute Gasteiger partial charge is 0.297 e. The molecule has 1 aliphatic rings. The van der Waals surface area contributed by atoms with Crippen LogP contribution in [0.25, 0.3) is 0 Å². The molecule has 0 saturated carbocycles. The molecule has 1 heterocycles. The summed E-state index contributed by atoms with van der Waals surface area (Å²) in [5.41, 5.74) is 2.13. The van der Waals surface area contributed by atoms with Crippen LogP contribution in [-0.4, -0.2) is 28.1 Å². The third-order valence-electron chi connectivity index (χ3n) is 3.61. The highest BCUT2D eigenvalue weighted by atomic mass is 32.2. The lowest BCUT2D eigenvalue weighted by Crippen LogP contribution is -2.30. The highest BCUT2D eigenvalue weighted by Gasteiger charge is 2.19. The third kappa shape index (κ3) is 3.52. The Hall–Kier alpha value is -1.07. The molecule has 0 aromatic heterocycles. The zero-order valence-corrected chi connectivity index (χ0v) is 13.1.